The Labute approximate surface area is 171 Å². The van der Waals surface area contributed by atoms with Crippen molar-refractivity contribution in [1.82, 2.24) is 4.98 Å². The van der Waals surface area contributed by atoms with E-state index in [1.165, 1.54) is 6.42 Å². The number of alkyl halides is 1. The molecule has 0 spiro atoms. The first kappa shape index (κ1) is 17.9. The van der Waals surface area contributed by atoms with Gasteiger partial charge in [0.2, 0.25) is 5.91 Å². The fourth-order valence-corrected chi connectivity index (χ4v) is 6.75. The second-order valence-electron chi connectivity index (χ2n) is 9.06. The van der Waals surface area contributed by atoms with E-state index in [-0.39, 0.29) is 16.2 Å². The number of pyridine rings is 1. The molecule has 2 unspecified atom stereocenters. The molecule has 0 aliphatic heterocycles. The zero-order valence-electron chi connectivity index (χ0n) is 15.9. The molecule has 4 heteroatoms. The molecule has 1 aromatic heterocycles. The number of benzene rings is 1. The average molecular weight is 393 g/mol. The number of nitrogens with zero attached hydrogens (tertiary/aromatic N) is 1. The third-order valence-corrected chi connectivity index (χ3v) is 7.19. The van der Waals surface area contributed by atoms with Crippen molar-refractivity contribution in [2.45, 2.75) is 43.4 Å². The lowest BCUT2D eigenvalue weighted by Crippen LogP contribution is -2.57. The Morgan fingerprint density at radius 3 is 2.61 bits per heavy atom. The molecule has 4 fully saturated rings. The third-order valence-electron chi connectivity index (χ3n) is 6.75. The first-order chi connectivity index (χ1) is 13.5. The summed E-state index contributed by atoms with van der Waals surface area (Å²) in [5.41, 5.74) is 2.54. The maximum Gasteiger partial charge on any atom is 0.230 e. The summed E-state index contributed by atoms with van der Waals surface area (Å²) in [6.45, 7) is 0. The molecule has 2 aromatic rings. The predicted molar refractivity (Wildman–Crippen MR) is 114 cm³/mol. The van der Waals surface area contributed by atoms with E-state index in [9.17, 15) is 4.79 Å². The molecule has 3 nitrogen and oxygen atoms in total. The molecule has 144 valence electrons. The monoisotopic (exact) mass is 392 g/mol. The number of carbonyl (C=O) groups excluding carboxylic acids is 1. The Kier molecular flexibility index (Phi) is 4.31. The van der Waals surface area contributed by atoms with Crippen molar-refractivity contribution >= 4 is 35.3 Å². The molecule has 1 heterocycles. The highest BCUT2D eigenvalue weighted by Crippen LogP contribution is 2.64. The van der Waals surface area contributed by atoms with E-state index < -0.39 is 0 Å². The number of rotatable bonds is 4. The fourth-order valence-electron chi connectivity index (χ4n) is 6.06. The molecular weight excluding hydrogens is 368 g/mol. The Balaban J connectivity index is 1.33. The molecule has 1 N–H and O–H groups in total. The van der Waals surface area contributed by atoms with Gasteiger partial charge < -0.3 is 5.32 Å². The Bertz CT molecular complexity index is 909. The van der Waals surface area contributed by atoms with Gasteiger partial charge in [0.1, 0.15) is 0 Å². The van der Waals surface area contributed by atoms with Crippen LogP contribution in [0.15, 0.2) is 48.7 Å². The highest BCUT2D eigenvalue weighted by Gasteiger charge is 2.60. The molecule has 4 bridgehead atoms. The highest BCUT2D eigenvalue weighted by atomic mass is 35.5. The van der Waals surface area contributed by atoms with Gasteiger partial charge >= 0.3 is 0 Å². The average Bonchev–Trinajstić information content (AvgIpc) is 2.65. The molecule has 28 heavy (non-hydrogen) atoms. The van der Waals surface area contributed by atoms with Crippen LogP contribution in [0.3, 0.4) is 0 Å². The van der Waals surface area contributed by atoms with Crippen molar-refractivity contribution in [1.29, 1.82) is 0 Å². The first-order valence-corrected chi connectivity index (χ1v) is 10.6. The van der Waals surface area contributed by atoms with E-state index in [4.69, 9.17) is 11.6 Å². The zero-order valence-corrected chi connectivity index (χ0v) is 16.7. The summed E-state index contributed by atoms with van der Waals surface area (Å²) >= 11 is 6.90. The van der Waals surface area contributed by atoms with Crippen LogP contribution in [0.1, 0.15) is 49.8 Å². The number of nitrogens with one attached hydrogen (secondary N) is 1. The maximum absolute atomic E-state index is 13.3. The van der Waals surface area contributed by atoms with E-state index in [0.717, 1.165) is 49.0 Å². The van der Waals surface area contributed by atoms with Crippen molar-refractivity contribution in [2.75, 3.05) is 5.32 Å². The van der Waals surface area contributed by atoms with Crippen LogP contribution >= 0.6 is 11.6 Å². The van der Waals surface area contributed by atoms with Gasteiger partial charge in [0.15, 0.2) is 0 Å². The quantitative estimate of drug-likeness (QED) is 0.671. The zero-order chi connectivity index (χ0) is 19.2. The molecule has 1 amide bonds. The predicted octanol–water partition coefficient (Wildman–Crippen LogP) is 5.77. The van der Waals surface area contributed by atoms with Crippen molar-refractivity contribution in [3.05, 3.63) is 59.9 Å². The van der Waals surface area contributed by atoms with Gasteiger partial charge in [-0.25, -0.2) is 0 Å². The minimum atomic E-state index is -0.272. The lowest BCUT2D eigenvalue weighted by molar-refractivity contribution is -0.138. The summed E-state index contributed by atoms with van der Waals surface area (Å²) in [6.07, 6.45) is 12.1. The number of anilines is 1. The van der Waals surface area contributed by atoms with Gasteiger partial charge in [-0.05, 0) is 86.3 Å². The largest absolute Gasteiger partial charge is 0.326 e. The van der Waals surface area contributed by atoms with Crippen LogP contribution in [0.2, 0.25) is 0 Å². The standard InChI is InChI=1S/C24H25ClN2O/c25-24-14-18-10-19(15-24)13-23(12-18,16-24)22(28)27-21-6-3-4-17(11-21)7-8-20-5-1-2-9-26-20/h1-9,11,18-19H,10,12-16H2,(H,27,28)/b8-7+. The van der Waals surface area contributed by atoms with Crippen LogP contribution in [-0.2, 0) is 4.79 Å². The smallest absolute Gasteiger partial charge is 0.230 e. The molecule has 6 rings (SSSR count). The number of aromatic nitrogens is 1. The Morgan fingerprint density at radius 2 is 1.89 bits per heavy atom. The molecule has 4 aliphatic carbocycles. The van der Waals surface area contributed by atoms with Gasteiger partial charge in [-0.15, -0.1) is 11.6 Å². The molecule has 0 saturated heterocycles. The van der Waals surface area contributed by atoms with E-state index in [0.29, 0.717) is 11.8 Å². The number of hydrogen-bond acceptors (Lipinski definition) is 2. The van der Waals surface area contributed by atoms with Crippen molar-refractivity contribution in [2.24, 2.45) is 17.3 Å². The molecular formula is C24H25ClN2O. The first-order valence-electron chi connectivity index (χ1n) is 10.2. The SMILES string of the molecule is O=C(Nc1cccc(/C=C/c2ccccn2)c1)C12CC3CC(CC(Cl)(C3)C1)C2. The van der Waals surface area contributed by atoms with Crippen molar-refractivity contribution < 1.29 is 4.79 Å². The molecule has 2 atom stereocenters. The summed E-state index contributed by atoms with van der Waals surface area (Å²) in [4.78, 5) is 17.5. The van der Waals surface area contributed by atoms with E-state index in [2.05, 4.69) is 10.3 Å². The molecule has 4 saturated carbocycles. The van der Waals surface area contributed by atoms with Gasteiger partial charge in [-0.2, -0.15) is 0 Å². The molecule has 0 radical (unpaired) electrons. The minimum absolute atomic E-state index is 0.144. The van der Waals surface area contributed by atoms with Gasteiger partial charge in [0, 0.05) is 16.8 Å². The fraction of sp³-hybridized carbons (Fsp3) is 0.417. The van der Waals surface area contributed by atoms with Crippen molar-refractivity contribution in [3.63, 3.8) is 0 Å². The molecule has 4 aliphatic rings. The maximum atomic E-state index is 13.3. The van der Waals surface area contributed by atoms with Gasteiger partial charge in [0.25, 0.3) is 0 Å². The summed E-state index contributed by atoms with van der Waals surface area (Å²) in [5.74, 6) is 1.41. The topological polar surface area (TPSA) is 42.0 Å². The number of hydrogen-bond donors (Lipinski definition) is 1. The van der Waals surface area contributed by atoms with E-state index in [1.54, 1.807) is 6.20 Å². The normalized spacial score (nSPS) is 33.3. The highest BCUT2D eigenvalue weighted by molar-refractivity contribution is 6.24. The summed E-state index contributed by atoms with van der Waals surface area (Å²) < 4.78 is 0. The summed E-state index contributed by atoms with van der Waals surface area (Å²) in [6, 6.07) is 13.9. The molecule has 1 aromatic carbocycles. The van der Waals surface area contributed by atoms with E-state index in [1.807, 2.05) is 54.6 Å². The Morgan fingerprint density at radius 1 is 1.07 bits per heavy atom. The van der Waals surface area contributed by atoms with Crippen LogP contribution in [0, 0.1) is 17.3 Å². The summed E-state index contributed by atoms with van der Waals surface area (Å²) in [7, 11) is 0. The summed E-state index contributed by atoms with van der Waals surface area (Å²) in [5, 5.41) is 3.21. The van der Waals surface area contributed by atoms with Crippen LogP contribution in [-0.4, -0.2) is 15.8 Å². The van der Waals surface area contributed by atoms with E-state index >= 15 is 0 Å². The number of amides is 1. The number of halogens is 1. The minimum Gasteiger partial charge on any atom is -0.326 e. The Hall–Kier alpha value is -2.13. The van der Waals surface area contributed by atoms with Crippen LogP contribution in [0.5, 0.6) is 0 Å². The van der Waals surface area contributed by atoms with Crippen LogP contribution in [0.4, 0.5) is 5.69 Å². The van der Waals surface area contributed by atoms with Crippen LogP contribution < -0.4 is 5.32 Å². The second-order valence-corrected chi connectivity index (χ2v) is 9.86. The number of carbonyl (C=O) groups is 1. The lowest BCUT2D eigenvalue weighted by Gasteiger charge is -2.59. The second kappa shape index (κ2) is 6.73. The van der Waals surface area contributed by atoms with Gasteiger partial charge in [0.05, 0.1) is 11.1 Å². The van der Waals surface area contributed by atoms with Gasteiger partial charge in [-0.3, -0.25) is 9.78 Å². The van der Waals surface area contributed by atoms with Gasteiger partial charge in [-0.1, -0.05) is 24.3 Å². The lowest BCUT2D eigenvalue weighted by atomic mass is 9.49. The third kappa shape index (κ3) is 3.37. The van der Waals surface area contributed by atoms with Crippen molar-refractivity contribution in [3.8, 4) is 0 Å². The van der Waals surface area contributed by atoms with Crippen LogP contribution in [0.25, 0.3) is 12.2 Å².